The Labute approximate surface area is 155 Å². The van der Waals surface area contributed by atoms with E-state index in [1.165, 1.54) is 22.8 Å². The molecule has 0 aliphatic heterocycles. The SMILES string of the molecule is O=C(Nc1ccc(F)c(F)c1)C(c1csc2ccc(Cl)cc12)P(=O)(O)O. The molecule has 10 heteroatoms. The molecular weight excluding hydrogens is 407 g/mol. The standard InChI is InChI=1S/C16H11ClF2NO4PS/c17-8-1-4-14-10(5-8)11(7-26-14)15(25(22,23)24)16(21)20-9-2-3-12(18)13(19)6-9/h1-7,15H,(H,20,21)(H2,22,23,24). The number of halogens is 3. The maximum atomic E-state index is 13.3. The molecule has 3 aromatic rings. The van der Waals surface area contributed by atoms with Crippen LogP contribution < -0.4 is 5.32 Å². The van der Waals surface area contributed by atoms with Crippen LogP contribution in [0.3, 0.4) is 0 Å². The molecule has 0 aliphatic carbocycles. The molecule has 0 radical (unpaired) electrons. The lowest BCUT2D eigenvalue weighted by Crippen LogP contribution is -2.21. The minimum atomic E-state index is -4.91. The molecule has 1 atom stereocenters. The van der Waals surface area contributed by atoms with Gasteiger partial charge in [0.1, 0.15) is 0 Å². The van der Waals surface area contributed by atoms with Crippen molar-refractivity contribution in [3.8, 4) is 0 Å². The molecule has 1 amide bonds. The van der Waals surface area contributed by atoms with Crippen LogP contribution in [0.1, 0.15) is 11.2 Å². The summed E-state index contributed by atoms with van der Waals surface area (Å²) >= 11 is 7.14. The molecule has 1 heterocycles. The van der Waals surface area contributed by atoms with Crippen LogP contribution in [0, 0.1) is 11.6 Å². The van der Waals surface area contributed by atoms with E-state index in [4.69, 9.17) is 11.6 Å². The third-order valence-corrected chi connectivity index (χ3v) is 6.03. The Balaban J connectivity index is 2.02. The highest BCUT2D eigenvalue weighted by Gasteiger charge is 2.39. The number of carbonyl (C=O) groups is 1. The van der Waals surface area contributed by atoms with Crippen LogP contribution in [0.4, 0.5) is 14.5 Å². The molecule has 0 aliphatic rings. The molecule has 0 saturated carbocycles. The number of carbonyl (C=O) groups excluding carboxylic acids is 1. The van der Waals surface area contributed by atoms with E-state index >= 15 is 0 Å². The Kier molecular flexibility index (Phi) is 5.14. The quantitative estimate of drug-likeness (QED) is 0.537. The average molecular weight is 418 g/mol. The Morgan fingerprint density at radius 1 is 1.15 bits per heavy atom. The summed E-state index contributed by atoms with van der Waals surface area (Å²) in [7, 11) is -4.91. The topological polar surface area (TPSA) is 86.6 Å². The van der Waals surface area contributed by atoms with Crippen molar-refractivity contribution >= 4 is 52.2 Å². The van der Waals surface area contributed by atoms with Crippen LogP contribution in [0.25, 0.3) is 10.1 Å². The highest BCUT2D eigenvalue weighted by Crippen LogP contribution is 2.54. The number of amides is 1. The summed E-state index contributed by atoms with van der Waals surface area (Å²) in [4.78, 5) is 32.0. The van der Waals surface area contributed by atoms with E-state index in [2.05, 4.69) is 5.32 Å². The Morgan fingerprint density at radius 3 is 2.54 bits per heavy atom. The fourth-order valence-corrected chi connectivity index (χ4v) is 4.68. The lowest BCUT2D eigenvalue weighted by molar-refractivity contribution is -0.116. The van der Waals surface area contributed by atoms with E-state index < -0.39 is 30.8 Å². The van der Waals surface area contributed by atoms with Gasteiger partial charge in [0.2, 0.25) is 5.91 Å². The van der Waals surface area contributed by atoms with Gasteiger partial charge in [-0.05, 0) is 46.7 Å². The van der Waals surface area contributed by atoms with Crippen LogP contribution in [0.2, 0.25) is 5.02 Å². The number of hydrogen-bond acceptors (Lipinski definition) is 3. The highest BCUT2D eigenvalue weighted by atomic mass is 35.5. The smallest absolute Gasteiger partial charge is 0.325 e. The van der Waals surface area contributed by atoms with Gasteiger partial charge in [-0.25, -0.2) is 8.78 Å². The molecule has 26 heavy (non-hydrogen) atoms. The van der Waals surface area contributed by atoms with Gasteiger partial charge in [0.15, 0.2) is 17.3 Å². The number of benzene rings is 2. The van der Waals surface area contributed by atoms with Crippen molar-refractivity contribution in [3.63, 3.8) is 0 Å². The third-order valence-electron chi connectivity index (χ3n) is 3.63. The van der Waals surface area contributed by atoms with E-state index in [0.29, 0.717) is 15.1 Å². The summed E-state index contributed by atoms with van der Waals surface area (Å²) in [6.45, 7) is 0. The molecule has 1 aromatic heterocycles. The zero-order valence-corrected chi connectivity index (χ0v) is 15.3. The van der Waals surface area contributed by atoms with Crippen molar-refractivity contribution in [1.29, 1.82) is 0 Å². The fourth-order valence-electron chi connectivity index (χ4n) is 2.49. The van der Waals surface area contributed by atoms with Gasteiger partial charge in [-0.2, -0.15) is 0 Å². The summed E-state index contributed by atoms with van der Waals surface area (Å²) in [6.07, 6.45) is 0. The molecule has 136 valence electrons. The van der Waals surface area contributed by atoms with Crippen molar-refractivity contribution < 1.29 is 27.9 Å². The molecule has 0 spiro atoms. The summed E-state index contributed by atoms with van der Waals surface area (Å²) in [6, 6.07) is 7.43. The van der Waals surface area contributed by atoms with Crippen molar-refractivity contribution in [2.75, 3.05) is 5.32 Å². The second kappa shape index (κ2) is 7.06. The first kappa shape index (κ1) is 18.9. The zero-order valence-electron chi connectivity index (χ0n) is 12.8. The van der Waals surface area contributed by atoms with E-state index in [0.717, 1.165) is 18.2 Å². The van der Waals surface area contributed by atoms with Gasteiger partial charge in [0, 0.05) is 21.5 Å². The summed E-state index contributed by atoms with van der Waals surface area (Å²) in [5.74, 6) is -3.33. The van der Waals surface area contributed by atoms with Gasteiger partial charge in [-0.3, -0.25) is 9.36 Å². The minimum absolute atomic E-state index is 0.112. The predicted octanol–water partition coefficient (Wildman–Crippen LogP) is 4.69. The number of nitrogens with one attached hydrogen (secondary N) is 1. The second-order valence-electron chi connectivity index (χ2n) is 5.44. The summed E-state index contributed by atoms with van der Waals surface area (Å²) in [5, 5.41) is 4.48. The van der Waals surface area contributed by atoms with Gasteiger partial charge in [0.25, 0.3) is 0 Å². The van der Waals surface area contributed by atoms with Crippen molar-refractivity contribution in [2.24, 2.45) is 0 Å². The minimum Gasteiger partial charge on any atom is -0.325 e. The second-order valence-corrected chi connectivity index (χ2v) is 8.48. The zero-order chi connectivity index (χ0) is 19.1. The molecule has 2 aromatic carbocycles. The largest absolute Gasteiger partial charge is 0.342 e. The van der Waals surface area contributed by atoms with Gasteiger partial charge in [0.05, 0.1) is 0 Å². The Bertz CT molecular complexity index is 1050. The van der Waals surface area contributed by atoms with E-state index in [9.17, 15) is 27.9 Å². The molecule has 5 nitrogen and oxygen atoms in total. The molecule has 3 rings (SSSR count). The lowest BCUT2D eigenvalue weighted by atomic mass is 10.1. The first-order valence-corrected chi connectivity index (χ1v) is 10.1. The highest BCUT2D eigenvalue weighted by molar-refractivity contribution is 7.53. The molecule has 3 N–H and O–H groups in total. The molecule has 0 saturated heterocycles. The third kappa shape index (κ3) is 3.79. The van der Waals surface area contributed by atoms with E-state index in [1.54, 1.807) is 12.1 Å². The Morgan fingerprint density at radius 2 is 1.88 bits per heavy atom. The van der Waals surface area contributed by atoms with Crippen LogP contribution in [0.5, 0.6) is 0 Å². The van der Waals surface area contributed by atoms with Gasteiger partial charge in [-0.1, -0.05) is 11.6 Å². The summed E-state index contributed by atoms with van der Waals surface area (Å²) < 4.78 is 39.0. The van der Waals surface area contributed by atoms with Gasteiger partial charge < -0.3 is 15.1 Å². The van der Waals surface area contributed by atoms with E-state index in [1.807, 2.05) is 0 Å². The molecule has 0 bridgehead atoms. The molecular formula is C16H11ClF2NO4PS. The number of hydrogen-bond donors (Lipinski definition) is 3. The number of anilines is 1. The van der Waals surface area contributed by atoms with Crippen molar-refractivity contribution in [2.45, 2.75) is 5.66 Å². The number of fused-ring (bicyclic) bond motifs is 1. The normalized spacial score (nSPS) is 13.0. The van der Waals surface area contributed by atoms with Crippen LogP contribution in [-0.2, 0) is 9.36 Å². The van der Waals surface area contributed by atoms with Crippen LogP contribution >= 0.6 is 30.5 Å². The van der Waals surface area contributed by atoms with Gasteiger partial charge in [-0.15, -0.1) is 11.3 Å². The Hall–Kier alpha value is -1.83. The monoisotopic (exact) mass is 417 g/mol. The van der Waals surface area contributed by atoms with Crippen LogP contribution in [0.15, 0.2) is 41.8 Å². The number of rotatable bonds is 4. The maximum Gasteiger partial charge on any atom is 0.342 e. The predicted molar refractivity (Wildman–Crippen MR) is 96.6 cm³/mol. The average Bonchev–Trinajstić information content (AvgIpc) is 2.92. The first-order valence-electron chi connectivity index (χ1n) is 7.14. The lowest BCUT2D eigenvalue weighted by Gasteiger charge is -2.18. The fraction of sp³-hybridized carbons (Fsp3) is 0.0625. The summed E-state index contributed by atoms with van der Waals surface area (Å²) in [5.41, 5.74) is -1.83. The first-order chi connectivity index (χ1) is 12.2. The molecule has 1 unspecified atom stereocenters. The number of thiophene rings is 1. The van der Waals surface area contributed by atoms with Crippen LogP contribution in [-0.4, -0.2) is 15.7 Å². The van der Waals surface area contributed by atoms with Crippen molar-refractivity contribution in [3.05, 3.63) is 64.0 Å². The van der Waals surface area contributed by atoms with E-state index in [-0.39, 0.29) is 11.3 Å². The molecule has 0 fully saturated rings. The maximum absolute atomic E-state index is 13.3. The van der Waals surface area contributed by atoms with Gasteiger partial charge >= 0.3 is 7.60 Å². The van der Waals surface area contributed by atoms with Crippen molar-refractivity contribution in [1.82, 2.24) is 0 Å².